The van der Waals surface area contributed by atoms with Crippen molar-refractivity contribution in [1.29, 1.82) is 0 Å². The zero-order valence-electron chi connectivity index (χ0n) is 12.2. The van der Waals surface area contributed by atoms with E-state index < -0.39 is 5.79 Å². The van der Waals surface area contributed by atoms with Crippen molar-refractivity contribution in [3.8, 4) is 0 Å². The molecule has 1 aromatic rings. The lowest BCUT2D eigenvalue weighted by molar-refractivity contribution is -0.326. The molecule has 1 atom stereocenters. The van der Waals surface area contributed by atoms with Gasteiger partial charge >= 0.3 is 0 Å². The summed E-state index contributed by atoms with van der Waals surface area (Å²) in [6, 6.07) is 9.93. The second-order valence-corrected chi connectivity index (χ2v) is 6.69. The first-order valence-corrected chi connectivity index (χ1v) is 7.40. The van der Waals surface area contributed by atoms with E-state index in [1.165, 1.54) is 0 Å². The Morgan fingerprint density at radius 1 is 1.10 bits per heavy atom. The minimum atomic E-state index is -0.871. The normalized spacial score (nSPS) is 28.5. The Morgan fingerprint density at radius 3 is 2.30 bits per heavy atom. The van der Waals surface area contributed by atoms with E-state index in [0.29, 0.717) is 19.6 Å². The first kappa shape index (κ1) is 13.8. The Bertz CT molecular complexity index is 482. The molecule has 20 heavy (non-hydrogen) atoms. The van der Waals surface area contributed by atoms with Crippen LogP contribution in [0.5, 0.6) is 0 Å². The Kier molecular flexibility index (Phi) is 3.43. The maximum absolute atomic E-state index is 12.3. The van der Waals surface area contributed by atoms with Gasteiger partial charge in [-0.2, -0.15) is 0 Å². The monoisotopic (exact) mass is 274 g/mol. The minimum Gasteiger partial charge on any atom is -0.345 e. The molecule has 0 spiro atoms. The molecule has 1 saturated carbocycles. The number of carbonyl (C=O) groups excluding carboxylic acids is 1. The lowest BCUT2D eigenvalue weighted by atomic mass is 9.86. The zero-order valence-corrected chi connectivity index (χ0v) is 12.2. The number of benzene rings is 1. The second kappa shape index (κ2) is 4.97. The van der Waals surface area contributed by atoms with Gasteiger partial charge in [0.1, 0.15) is 5.78 Å². The molecule has 1 aliphatic carbocycles. The van der Waals surface area contributed by atoms with Gasteiger partial charge in [0, 0.05) is 17.4 Å². The van der Waals surface area contributed by atoms with Crippen LogP contribution < -0.4 is 0 Å². The van der Waals surface area contributed by atoms with Gasteiger partial charge in [-0.3, -0.25) is 4.79 Å². The minimum absolute atomic E-state index is 0.0000672. The first-order valence-electron chi connectivity index (χ1n) is 7.40. The summed E-state index contributed by atoms with van der Waals surface area (Å²) in [6.45, 7) is 5.48. The third-order valence-electron chi connectivity index (χ3n) is 4.29. The van der Waals surface area contributed by atoms with E-state index >= 15 is 0 Å². The third-order valence-corrected chi connectivity index (χ3v) is 4.29. The van der Waals surface area contributed by atoms with E-state index in [-0.39, 0.29) is 17.1 Å². The van der Waals surface area contributed by atoms with Gasteiger partial charge < -0.3 is 9.47 Å². The molecule has 0 amide bonds. The average Bonchev–Trinajstić information content (AvgIpc) is 2.87. The maximum atomic E-state index is 12.3. The molecule has 0 radical (unpaired) electrons. The highest BCUT2D eigenvalue weighted by Crippen LogP contribution is 2.46. The van der Waals surface area contributed by atoms with E-state index in [4.69, 9.17) is 9.47 Å². The van der Waals surface area contributed by atoms with E-state index in [1.807, 2.05) is 30.3 Å². The van der Waals surface area contributed by atoms with Gasteiger partial charge in [-0.15, -0.1) is 0 Å². The molecular formula is C17H22O3. The summed E-state index contributed by atoms with van der Waals surface area (Å²) in [5.74, 6) is -0.765. The molecule has 2 fully saturated rings. The summed E-state index contributed by atoms with van der Waals surface area (Å²) in [5.41, 5.74) is 0.968. The maximum Gasteiger partial charge on any atom is 0.204 e. The van der Waals surface area contributed by atoms with Gasteiger partial charge in [-0.25, -0.2) is 0 Å². The van der Waals surface area contributed by atoms with Crippen LogP contribution in [0.4, 0.5) is 0 Å². The molecule has 0 aromatic heterocycles. The largest absolute Gasteiger partial charge is 0.345 e. The van der Waals surface area contributed by atoms with Crippen LogP contribution in [-0.4, -0.2) is 19.0 Å². The highest BCUT2D eigenvalue weighted by molar-refractivity contribution is 5.84. The standard InChI is InChI=1S/C17H22O3/c1-16(2)11-19-17(20-12-16,13-7-4-3-5-8-13)14-9-6-10-15(14)18/h3-5,7-8,14H,6,9-12H2,1-2H3. The number of carbonyl (C=O) groups is 1. The van der Waals surface area contributed by atoms with Gasteiger partial charge in [-0.1, -0.05) is 44.2 Å². The van der Waals surface area contributed by atoms with Crippen molar-refractivity contribution in [3.63, 3.8) is 0 Å². The summed E-state index contributed by atoms with van der Waals surface area (Å²) in [6.07, 6.45) is 2.44. The Balaban J connectivity index is 1.98. The van der Waals surface area contributed by atoms with Crippen molar-refractivity contribution in [3.05, 3.63) is 35.9 Å². The smallest absolute Gasteiger partial charge is 0.204 e. The molecule has 1 saturated heterocycles. The molecule has 1 unspecified atom stereocenters. The molecule has 0 N–H and O–H groups in total. The number of rotatable bonds is 2. The number of hydrogen-bond acceptors (Lipinski definition) is 3. The van der Waals surface area contributed by atoms with E-state index in [2.05, 4.69) is 13.8 Å². The lowest BCUT2D eigenvalue weighted by Crippen LogP contribution is -2.51. The Labute approximate surface area is 120 Å². The second-order valence-electron chi connectivity index (χ2n) is 6.69. The predicted molar refractivity (Wildman–Crippen MR) is 76.2 cm³/mol. The molecule has 2 aliphatic rings. The molecule has 0 bridgehead atoms. The van der Waals surface area contributed by atoms with Gasteiger partial charge in [-0.05, 0) is 12.8 Å². The van der Waals surface area contributed by atoms with Gasteiger partial charge in [0.25, 0.3) is 0 Å². The number of hydrogen-bond donors (Lipinski definition) is 0. The number of ketones is 1. The summed E-state index contributed by atoms with van der Waals surface area (Å²) in [7, 11) is 0. The van der Waals surface area contributed by atoms with Crippen LogP contribution in [-0.2, 0) is 20.1 Å². The van der Waals surface area contributed by atoms with Crippen molar-refractivity contribution in [2.24, 2.45) is 11.3 Å². The fraction of sp³-hybridized carbons (Fsp3) is 0.588. The molecule has 3 nitrogen and oxygen atoms in total. The molecule has 1 heterocycles. The first-order chi connectivity index (χ1) is 9.54. The Hall–Kier alpha value is -1.19. The average molecular weight is 274 g/mol. The van der Waals surface area contributed by atoms with E-state index in [0.717, 1.165) is 18.4 Å². The van der Waals surface area contributed by atoms with Crippen molar-refractivity contribution in [2.75, 3.05) is 13.2 Å². The summed E-state index contributed by atoms with van der Waals surface area (Å²) >= 11 is 0. The van der Waals surface area contributed by atoms with Crippen molar-refractivity contribution in [2.45, 2.75) is 38.9 Å². The van der Waals surface area contributed by atoms with Crippen LogP contribution in [0.2, 0.25) is 0 Å². The third kappa shape index (κ3) is 2.29. The fourth-order valence-corrected chi connectivity index (χ4v) is 3.15. The van der Waals surface area contributed by atoms with Crippen LogP contribution in [0, 0.1) is 11.3 Å². The van der Waals surface area contributed by atoms with Gasteiger partial charge in [0.15, 0.2) is 0 Å². The highest BCUT2D eigenvalue weighted by atomic mass is 16.7. The topological polar surface area (TPSA) is 35.5 Å². The van der Waals surface area contributed by atoms with Crippen molar-refractivity contribution in [1.82, 2.24) is 0 Å². The SMILES string of the molecule is CC1(C)COC(c2ccccc2)(C2CCCC2=O)OC1. The Morgan fingerprint density at radius 2 is 1.75 bits per heavy atom. The summed E-state index contributed by atoms with van der Waals surface area (Å²) < 4.78 is 12.4. The quantitative estimate of drug-likeness (QED) is 0.830. The summed E-state index contributed by atoms with van der Waals surface area (Å²) in [4.78, 5) is 12.3. The van der Waals surface area contributed by atoms with Crippen molar-refractivity contribution < 1.29 is 14.3 Å². The van der Waals surface area contributed by atoms with Crippen LogP contribution in [0.3, 0.4) is 0 Å². The van der Waals surface area contributed by atoms with E-state index in [1.54, 1.807) is 0 Å². The molecule has 108 valence electrons. The lowest BCUT2D eigenvalue weighted by Gasteiger charge is -2.46. The molecular weight excluding hydrogens is 252 g/mol. The molecule has 3 heteroatoms. The van der Waals surface area contributed by atoms with Gasteiger partial charge in [0.05, 0.1) is 19.1 Å². The molecule has 3 rings (SSSR count). The zero-order chi connectivity index (χ0) is 14.2. The van der Waals surface area contributed by atoms with Crippen molar-refractivity contribution >= 4 is 5.78 Å². The van der Waals surface area contributed by atoms with Crippen LogP contribution in [0.1, 0.15) is 38.7 Å². The van der Waals surface area contributed by atoms with E-state index in [9.17, 15) is 4.79 Å². The van der Waals surface area contributed by atoms with Crippen LogP contribution >= 0.6 is 0 Å². The fourth-order valence-electron chi connectivity index (χ4n) is 3.15. The number of Topliss-reactive ketones (excluding diaryl/α,β-unsaturated/α-hetero) is 1. The molecule has 1 aliphatic heterocycles. The molecule has 1 aromatic carbocycles. The highest BCUT2D eigenvalue weighted by Gasteiger charge is 2.51. The summed E-state index contributed by atoms with van der Waals surface area (Å²) in [5, 5.41) is 0. The van der Waals surface area contributed by atoms with Crippen LogP contribution in [0.25, 0.3) is 0 Å². The van der Waals surface area contributed by atoms with Crippen LogP contribution in [0.15, 0.2) is 30.3 Å². The number of ether oxygens (including phenoxy) is 2. The predicted octanol–water partition coefficient (Wildman–Crippen LogP) is 3.28. The van der Waals surface area contributed by atoms with Gasteiger partial charge in [0.2, 0.25) is 5.79 Å².